The number of rotatable bonds is 4. The molecule has 1 N–H and O–H groups in total. The molecule has 1 aromatic rings. The zero-order valence-electron chi connectivity index (χ0n) is 10.7. The third-order valence-electron chi connectivity index (χ3n) is 3.36. The summed E-state index contributed by atoms with van der Waals surface area (Å²) >= 11 is 0. The molecule has 1 fully saturated rings. The Balaban J connectivity index is 1.86. The van der Waals surface area contributed by atoms with E-state index >= 15 is 0 Å². The van der Waals surface area contributed by atoms with E-state index in [2.05, 4.69) is 5.32 Å². The SMILES string of the molecule is CN(CC1CCNC1)C(=O)Cc1cccc(F)c1. The Morgan fingerprint density at radius 2 is 2.39 bits per heavy atom. The minimum atomic E-state index is -0.289. The monoisotopic (exact) mass is 250 g/mol. The Kier molecular flexibility index (Phi) is 4.31. The van der Waals surface area contributed by atoms with Crippen molar-refractivity contribution in [3.8, 4) is 0 Å². The fourth-order valence-corrected chi connectivity index (χ4v) is 2.32. The molecule has 1 saturated heterocycles. The lowest BCUT2D eigenvalue weighted by Gasteiger charge is -2.20. The van der Waals surface area contributed by atoms with E-state index in [0.717, 1.165) is 31.6 Å². The summed E-state index contributed by atoms with van der Waals surface area (Å²) in [4.78, 5) is 13.7. The summed E-state index contributed by atoms with van der Waals surface area (Å²) in [6.45, 7) is 2.80. The summed E-state index contributed by atoms with van der Waals surface area (Å²) in [6.07, 6.45) is 1.39. The summed E-state index contributed by atoms with van der Waals surface area (Å²) < 4.78 is 13.0. The van der Waals surface area contributed by atoms with E-state index in [0.29, 0.717) is 5.92 Å². The van der Waals surface area contributed by atoms with Crippen molar-refractivity contribution in [2.75, 3.05) is 26.7 Å². The number of carbonyl (C=O) groups excluding carboxylic acids is 1. The van der Waals surface area contributed by atoms with Gasteiger partial charge < -0.3 is 10.2 Å². The maximum absolute atomic E-state index is 13.0. The maximum Gasteiger partial charge on any atom is 0.226 e. The Morgan fingerprint density at radius 1 is 1.56 bits per heavy atom. The highest BCUT2D eigenvalue weighted by atomic mass is 19.1. The van der Waals surface area contributed by atoms with Gasteiger partial charge in [-0.3, -0.25) is 4.79 Å². The molecule has 1 amide bonds. The highest BCUT2D eigenvalue weighted by Crippen LogP contribution is 2.11. The molecule has 2 rings (SSSR count). The molecule has 0 radical (unpaired) electrons. The quantitative estimate of drug-likeness (QED) is 0.877. The number of hydrogen-bond donors (Lipinski definition) is 1. The first-order valence-corrected chi connectivity index (χ1v) is 6.34. The highest BCUT2D eigenvalue weighted by molar-refractivity contribution is 5.78. The van der Waals surface area contributed by atoms with Gasteiger partial charge in [-0.1, -0.05) is 12.1 Å². The molecular formula is C14H19FN2O. The molecule has 1 aliphatic rings. The number of nitrogens with one attached hydrogen (secondary N) is 1. The average molecular weight is 250 g/mol. The topological polar surface area (TPSA) is 32.3 Å². The van der Waals surface area contributed by atoms with Gasteiger partial charge in [0.15, 0.2) is 0 Å². The molecule has 3 nitrogen and oxygen atoms in total. The lowest BCUT2D eigenvalue weighted by Crippen LogP contribution is -2.33. The normalized spacial score (nSPS) is 18.9. The van der Waals surface area contributed by atoms with Gasteiger partial charge >= 0.3 is 0 Å². The van der Waals surface area contributed by atoms with E-state index in [9.17, 15) is 9.18 Å². The number of amides is 1. The van der Waals surface area contributed by atoms with E-state index < -0.39 is 0 Å². The lowest BCUT2D eigenvalue weighted by atomic mass is 10.1. The van der Waals surface area contributed by atoms with Gasteiger partial charge in [-0.25, -0.2) is 4.39 Å². The third-order valence-corrected chi connectivity index (χ3v) is 3.36. The van der Waals surface area contributed by atoms with E-state index in [1.165, 1.54) is 12.1 Å². The molecule has 0 saturated carbocycles. The molecule has 4 heteroatoms. The fourth-order valence-electron chi connectivity index (χ4n) is 2.32. The van der Waals surface area contributed by atoms with E-state index in [1.54, 1.807) is 17.0 Å². The van der Waals surface area contributed by atoms with Crippen LogP contribution in [0.1, 0.15) is 12.0 Å². The number of likely N-dealkylation sites (N-methyl/N-ethyl adjacent to an activating group) is 1. The lowest BCUT2D eigenvalue weighted by molar-refractivity contribution is -0.129. The highest BCUT2D eigenvalue weighted by Gasteiger charge is 2.19. The van der Waals surface area contributed by atoms with Crippen LogP contribution in [0.3, 0.4) is 0 Å². The van der Waals surface area contributed by atoms with Crippen LogP contribution in [0.15, 0.2) is 24.3 Å². The van der Waals surface area contributed by atoms with Crippen LogP contribution in [0.4, 0.5) is 4.39 Å². The molecule has 0 spiro atoms. The van der Waals surface area contributed by atoms with Crippen LogP contribution >= 0.6 is 0 Å². The molecule has 1 aliphatic heterocycles. The van der Waals surface area contributed by atoms with Crippen molar-refractivity contribution in [3.05, 3.63) is 35.6 Å². The molecule has 0 aliphatic carbocycles. The van der Waals surface area contributed by atoms with E-state index in [-0.39, 0.29) is 18.1 Å². The molecule has 1 atom stereocenters. The summed E-state index contributed by atoms with van der Waals surface area (Å²) in [5.74, 6) is 0.307. The van der Waals surface area contributed by atoms with E-state index in [1.807, 2.05) is 7.05 Å². The van der Waals surface area contributed by atoms with Crippen molar-refractivity contribution < 1.29 is 9.18 Å². The van der Waals surface area contributed by atoms with Crippen LogP contribution in [0.25, 0.3) is 0 Å². The molecule has 0 aromatic heterocycles. The predicted octanol–water partition coefficient (Wildman–Crippen LogP) is 1.44. The summed E-state index contributed by atoms with van der Waals surface area (Å²) in [7, 11) is 1.82. The van der Waals surface area contributed by atoms with Gasteiger partial charge in [0.25, 0.3) is 0 Å². The van der Waals surface area contributed by atoms with Gasteiger partial charge in [0.05, 0.1) is 6.42 Å². The Hall–Kier alpha value is -1.42. The largest absolute Gasteiger partial charge is 0.345 e. The van der Waals surface area contributed by atoms with Crippen LogP contribution in [-0.2, 0) is 11.2 Å². The van der Waals surface area contributed by atoms with Crippen LogP contribution in [0.5, 0.6) is 0 Å². The number of halogens is 1. The van der Waals surface area contributed by atoms with Crippen LogP contribution in [-0.4, -0.2) is 37.5 Å². The zero-order valence-corrected chi connectivity index (χ0v) is 10.7. The fraction of sp³-hybridized carbons (Fsp3) is 0.500. The van der Waals surface area contributed by atoms with Gasteiger partial charge in [-0.15, -0.1) is 0 Å². The second-order valence-electron chi connectivity index (χ2n) is 4.94. The molecule has 18 heavy (non-hydrogen) atoms. The smallest absolute Gasteiger partial charge is 0.226 e. The Bertz CT molecular complexity index is 416. The molecule has 98 valence electrons. The molecule has 1 aromatic carbocycles. The van der Waals surface area contributed by atoms with Gasteiger partial charge in [0.2, 0.25) is 5.91 Å². The minimum Gasteiger partial charge on any atom is -0.345 e. The molecular weight excluding hydrogens is 231 g/mol. The van der Waals surface area contributed by atoms with Crippen LogP contribution in [0.2, 0.25) is 0 Å². The van der Waals surface area contributed by atoms with Crippen LogP contribution in [0, 0.1) is 11.7 Å². The number of benzene rings is 1. The van der Waals surface area contributed by atoms with Crippen molar-refractivity contribution in [1.29, 1.82) is 0 Å². The van der Waals surface area contributed by atoms with E-state index in [4.69, 9.17) is 0 Å². The second kappa shape index (κ2) is 5.96. The summed E-state index contributed by atoms with van der Waals surface area (Å²) in [5.41, 5.74) is 0.733. The van der Waals surface area contributed by atoms with Gasteiger partial charge in [-0.2, -0.15) is 0 Å². The van der Waals surface area contributed by atoms with Crippen molar-refractivity contribution >= 4 is 5.91 Å². The first-order valence-electron chi connectivity index (χ1n) is 6.34. The number of hydrogen-bond acceptors (Lipinski definition) is 2. The maximum atomic E-state index is 13.0. The van der Waals surface area contributed by atoms with Gasteiger partial charge in [0, 0.05) is 13.6 Å². The molecule has 0 bridgehead atoms. The number of nitrogens with zero attached hydrogens (tertiary/aromatic N) is 1. The minimum absolute atomic E-state index is 0.0486. The Morgan fingerprint density at radius 3 is 3.06 bits per heavy atom. The second-order valence-corrected chi connectivity index (χ2v) is 4.94. The first-order chi connectivity index (χ1) is 8.65. The third kappa shape index (κ3) is 3.53. The van der Waals surface area contributed by atoms with Crippen LogP contribution < -0.4 is 5.32 Å². The standard InChI is InChI=1S/C14H19FN2O/c1-17(10-12-5-6-16-9-12)14(18)8-11-3-2-4-13(15)7-11/h2-4,7,12,16H,5-6,8-10H2,1H3. The van der Waals surface area contributed by atoms with Crippen molar-refractivity contribution in [2.24, 2.45) is 5.92 Å². The van der Waals surface area contributed by atoms with Crippen molar-refractivity contribution in [3.63, 3.8) is 0 Å². The molecule has 1 heterocycles. The van der Waals surface area contributed by atoms with Gasteiger partial charge in [0.1, 0.15) is 5.82 Å². The Labute approximate surface area is 107 Å². The summed E-state index contributed by atoms with van der Waals surface area (Å²) in [6, 6.07) is 6.23. The van der Waals surface area contributed by atoms with Gasteiger partial charge in [-0.05, 0) is 43.1 Å². The first kappa shape index (κ1) is 13.0. The van der Waals surface area contributed by atoms with Crippen molar-refractivity contribution in [1.82, 2.24) is 10.2 Å². The van der Waals surface area contributed by atoms with Crippen molar-refractivity contribution in [2.45, 2.75) is 12.8 Å². The zero-order chi connectivity index (χ0) is 13.0. The predicted molar refractivity (Wildman–Crippen MR) is 68.7 cm³/mol. The average Bonchev–Trinajstić information content (AvgIpc) is 2.81. The summed E-state index contributed by atoms with van der Waals surface area (Å²) in [5, 5.41) is 3.29. The molecule has 1 unspecified atom stereocenters. The number of carbonyl (C=O) groups is 1.